The van der Waals surface area contributed by atoms with E-state index in [9.17, 15) is 13.2 Å². The van der Waals surface area contributed by atoms with Crippen molar-refractivity contribution < 1.29 is 17.9 Å². The Balaban J connectivity index is 1.96. The molecular formula is C15H23N3O4S. The minimum Gasteiger partial charge on any atom is -0.492 e. The van der Waals surface area contributed by atoms with Gasteiger partial charge in [0.05, 0.1) is 18.0 Å². The zero-order valence-electron chi connectivity index (χ0n) is 13.5. The summed E-state index contributed by atoms with van der Waals surface area (Å²) in [5.74, 6) is 0.705. The summed E-state index contributed by atoms with van der Waals surface area (Å²) >= 11 is 0. The summed E-state index contributed by atoms with van der Waals surface area (Å²) in [6, 6.07) is 7.00. The molecule has 1 heterocycles. The van der Waals surface area contributed by atoms with Crippen LogP contribution in [0, 0.1) is 0 Å². The maximum absolute atomic E-state index is 12.3. The van der Waals surface area contributed by atoms with Crippen LogP contribution in [0.25, 0.3) is 0 Å². The molecule has 0 saturated carbocycles. The number of sulfonamides is 1. The van der Waals surface area contributed by atoms with E-state index in [4.69, 9.17) is 4.74 Å². The SMILES string of the molecule is CCOc1ccccc1NC(=O)N1CCN(S(=O)(=O)CC)CC1. The van der Waals surface area contributed by atoms with Crippen molar-refractivity contribution in [3.63, 3.8) is 0 Å². The molecule has 0 radical (unpaired) electrons. The van der Waals surface area contributed by atoms with Crippen LogP contribution in [0.5, 0.6) is 5.75 Å². The van der Waals surface area contributed by atoms with Gasteiger partial charge in [-0.15, -0.1) is 0 Å². The maximum atomic E-state index is 12.3. The Kier molecular flexibility index (Phi) is 5.84. The molecular weight excluding hydrogens is 318 g/mol. The van der Waals surface area contributed by atoms with Crippen molar-refractivity contribution in [1.82, 2.24) is 9.21 Å². The predicted molar refractivity (Wildman–Crippen MR) is 89.2 cm³/mol. The highest BCUT2D eigenvalue weighted by atomic mass is 32.2. The number of nitrogens with one attached hydrogen (secondary N) is 1. The lowest BCUT2D eigenvalue weighted by molar-refractivity contribution is 0.184. The molecule has 0 atom stereocenters. The standard InChI is InChI=1S/C15H23N3O4S/c1-3-22-14-8-6-5-7-13(14)16-15(19)17-9-11-18(12-10-17)23(20,21)4-2/h5-8H,3-4,9-12H2,1-2H3,(H,16,19). The summed E-state index contributed by atoms with van der Waals surface area (Å²) in [5.41, 5.74) is 0.614. The van der Waals surface area contributed by atoms with Gasteiger partial charge in [-0.05, 0) is 26.0 Å². The molecule has 23 heavy (non-hydrogen) atoms. The summed E-state index contributed by atoms with van der Waals surface area (Å²) in [5, 5.41) is 2.83. The largest absolute Gasteiger partial charge is 0.492 e. The number of hydrogen-bond acceptors (Lipinski definition) is 4. The quantitative estimate of drug-likeness (QED) is 0.882. The van der Waals surface area contributed by atoms with Crippen LogP contribution in [0.2, 0.25) is 0 Å². The zero-order valence-corrected chi connectivity index (χ0v) is 14.3. The van der Waals surface area contributed by atoms with Crippen molar-refractivity contribution in [1.29, 1.82) is 0 Å². The fraction of sp³-hybridized carbons (Fsp3) is 0.533. The molecule has 0 unspecified atom stereocenters. The lowest BCUT2D eigenvalue weighted by Gasteiger charge is -2.33. The normalized spacial score (nSPS) is 16.2. The topological polar surface area (TPSA) is 79.0 Å². The van der Waals surface area contributed by atoms with E-state index in [-0.39, 0.29) is 11.8 Å². The summed E-state index contributed by atoms with van der Waals surface area (Å²) < 4.78 is 30.6. The Hall–Kier alpha value is -1.80. The van der Waals surface area contributed by atoms with Gasteiger partial charge in [0.2, 0.25) is 10.0 Å². The maximum Gasteiger partial charge on any atom is 0.322 e. The van der Waals surface area contributed by atoms with Crippen molar-refractivity contribution in [3.05, 3.63) is 24.3 Å². The van der Waals surface area contributed by atoms with Crippen LogP contribution in [0.15, 0.2) is 24.3 Å². The summed E-state index contributed by atoms with van der Waals surface area (Å²) in [7, 11) is -3.19. The van der Waals surface area contributed by atoms with E-state index in [1.165, 1.54) is 4.31 Å². The molecule has 0 aliphatic carbocycles. The second kappa shape index (κ2) is 7.65. The van der Waals surface area contributed by atoms with Crippen molar-refractivity contribution in [2.45, 2.75) is 13.8 Å². The first-order valence-corrected chi connectivity index (χ1v) is 9.34. The number of anilines is 1. The van der Waals surface area contributed by atoms with Gasteiger partial charge in [-0.3, -0.25) is 0 Å². The molecule has 2 amide bonds. The van der Waals surface area contributed by atoms with E-state index >= 15 is 0 Å². The third-order valence-electron chi connectivity index (χ3n) is 3.71. The summed E-state index contributed by atoms with van der Waals surface area (Å²) in [4.78, 5) is 14.0. The third-order valence-corrected chi connectivity index (χ3v) is 5.59. The molecule has 1 aliphatic heterocycles. The van der Waals surface area contributed by atoms with E-state index in [1.807, 2.05) is 19.1 Å². The molecule has 1 aliphatic rings. The van der Waals surface area contributed by atoms with Gasteiger partial charge in [0, 0.05) is 26.2 Å². The number of piperazine rings is 1. The van der Waals surface area contributed by atoms with Crippen LogP contribution in [-0.4, -0.2) is 62.2 Å². The van der Waals surface area contributed by atoms with Gasteiger partial charge in [0.15, 0.2) is 0 Å². The first-order valence-electron chi connectivity index (χ1n) is 7.73. The average Bonchev–Trinajstić information content (AvgIpc) is 2.57. The third kappa shape index (κ3) is 4.35. The van der Waals surface area contributed by atoms with Crippen LogP contribution in [0.4, 0.5) is 10.5 Å². The van der Waals surface area contributed by atoms with Gasteiger partial charge in [0.1, 0.15) is 5.75 Å². The number of carbonyl (C=O) groups excluding carboxylic acids is 1. The molecule has 0 aromatic heterocycles. The first kappa shape index (κ1) is 17.6. The second-order valence-corrected chi connectivity index (χ2v) is 7.40. The Morgan fingerprint density at radius 1 is 1.17 bits per heavy atom. The van der Waals surface area contributed by atoms with Crippen LogP contribution in [-0.2, 0) is 10.0 Å². The van der Waals surface area contributed by atoms with Crippen LogP contribution < -0.4 is 10.1 Å². The fourth-order valence-electron chi connectivity index (χ4n) is 2.40. The molecule has 1 aromatic carbocycles. The number of amides is 2. The first-order chi connectivity index (χ1) is 11.0. The molecule has 1 N–H and O–H groups in total. The molecule has 0 spiro atoms. The van der Waals surface area contributed by atoms with Gasteiger partial charge < -0.3 is 15.0 Å². The van der Waals surface area contributed by atoms with Gasteiger partial charge in [0.25, 0.3) is 0 Å². The van der Waals surface area contributed by atoms with Crippen molar-refractivity contribution in [2.75, 3.05) is 43.9 Å². The average molecular weight is 341 g/mol. The Morgan fingerprint density at radius 2 is 1.83 bits per heavy atom. The summed E-state index contributed by atoms with van der Waals surface area (Å²) in [6.07, 6.45) is 0. The predicted octanol–water partition coefficient (Wildman–Crippen LogP) is 1.58. The number of benzene rings is 1. The highest BCUT2D eigenvalue weighted by molar-refractivity contribution is 7.89. The zero-order chi connectivity index (χ0) is 16.9. The highest BCUT2D eigenvalue weighted by Gasteiger charge is 2.27. The van der Waals surface area contributed by atoms with E-state index in [0.29, 0.717) is 44.2 Å². The summed E-state index contributed by atoms with van der Waals surface area (Å²) in [6.45, 7) is 5.43. The molecule has 1 aromatic rings. The molecule has 8 heteroatoms. The molecule has 2 rings (SSSR count). The number of ether oxygens (including phenoxy) is 1. The van der Waals surface area contributed by atoms with Gasteiger partial charge in [-0.1, -0.05) is 12.1 Å². The van der Waals surface area contributed by atoms with E-state index < -0.39 is 10.0 Å². The number of carbonyl (C=O) groups is 1. The Labute approximate surface area is 137 Å². The second-order valence-electron chi connectivity index (χ2n) is 5.15. The number of para-hydroxylation sites is 2. The minimum atomic E-state index is -3.19. The number of urea groups is 1. The molecule has 1 fully saturated rings. The van der Waals surface area contributed by atoms with Crippen molar-refractivity contribution in [2.24, 2.45) is 0 Å². The number of nitrogens with zero attached hydrogens (tertiary/aromatic N) is 2. The lowest BCUT2D eigenvalue weighted by Crippen LogP contribution is -2.51. The monoisotopic (exact) mass is 341 g/mol. The van der Waals surface area contributed by atoms with Crippen molar-refractivity contribution in [3.8, 4) is 5.75 Å². The number of rotatable bonds is 5. The molecule has 0 bridgehead atoms. The smallest absolute Gasteiger partial charge is 0.322 e. The van der Waals surface area contributed by atoms with Crippen LogP contribution >= 0.6 is 0 Å². The molecule has 128 valence electrons. The highest BCUT2D eigenvalue weighted by Crippen LogP contribution is 2.24. The van der Waals surface area contributed by atoms with Gasteiger partial charge >= 0.3 is 6.03 Å². The lowest BCUT2D eigenvalue weighted by atomic mass is 10.3. The molecule has 7 nitrogen and oxygen atoms in total. The van der Waals surface area contributed by atoms with Crippen LogP contribution in [0.3, 0.4) is 0 Å². The Morgan fingerprint density at radius 3 is 2.43 bits per heavy atom. The molecule has 1 saturated heterocycles. The van der Waals surface area contributed by atoms with Crippen molar-refractivity contribution >= 4 is 21.7 Å². The van der Waals surface area contributed by atoms with Gasteiger partial charge in [-0.2, -0.15) is 4.31 Å². The van der Waals surface area contributed by atoms with E-state index in [2.05, 4.69) is 5.32 Å². The fourth-order valence-corrected chi connectivity index (χ4v) is 3.48. The number of hydrogen-bond donors (Lipinski definition) is 1. The minimum absolute atomic E-state index is 0.0843. The Bertz CT molecular complexity index is 640. The van der Waals surface area contributed by atoms with Gasteiger partial charge in [-0.25, -0.2) is 13.2 Å². The van der Waals surface area contributed by atoms with Crippen LogP contribution in [0.1, 0.15) is 13.8 Å². The van der Waals surface area contributed by atoms with E-state index in [1.54, 1.807) is 24.0 Å². The van der Waals surface area contributed by atoms with E-state index in [0.717, 1.165) is 0 Å².